The molecule has 7 heteroatoms. The highest BCUT2D eigenvalue weighted by molar-refractivity contribution is 6.39. The van der Waals surface area contributed by atoms with Crippen LogP contribution in [0.1, 0.15) is 32.6 Å². The van der Waals surface area contributed by atoms with Crippen molar-refractivity contribution in [3.63, 3.8) is 0 Å². The number of carbonyl (C=O) groups is 1. The number of rotatable bonds is 6. The monoisotopic (exact) mass is 299 g/mol. The summed E-state index contributed by atoms with van der Waals surface area (Å²) >= 11 is 0. The lowest BCUT2D eigenvalue weighted by Gasteiger charge is -2.38. The van der Waals surface area contributed by atoms with E-state index in [4.69, 9.17) is 9.94 Å². The fraction of sp³-hybridized carbons (Fsp3) is 0.857. The molecule has 0 aromatic carbocycles. The molecule has 0 aliphatic carbocycles. The summed E-state index contributed by atoms with van der Waals surface area (Å²) in [6.07, 6.45) is 2.44. The molecule has 1 amide bonds. The number of β-amino-alcohol motifs (C(OH)–C–C–N with tert-alkyl or cyclic N) is 1. The van der Waals surface area contributed by atoms with Crippen LogP contribution in [-0.2, 0) is 9.63 Å². The van der Waals surface area contributed by atoms with Crippen LogP contribution in [0, 0.1) is 0 Å². The summed E-state index contributed by atoms with van der Waals surface area (Å²) in [5.74, 6) is -0.152. The maximum atomic E-state index is 11.9. The molecule has 7 nitrogen and oxygen atoms in total. The third kappa shape index (κ3) is 4.15. The van der Waals surface area contributed by atoms with Crippen molar-refractivity contribution in [1.82, 2.24) is 10.2 Å². The summed E-state index contributed by atoms with van der Waals surface area (Å²) in [6, 6.07) is 0. The third-order valence-electron chi connectivity index (χ3n) is 3.93. The quantitative estimate of drug-likeness (QED) is 0.613. The molecule has 2 rings (SSSR count). The number of aliphatic hydroxyl groups excluding tert-OH is 2. The molecule has 0 aromatic heterocycles. The number of likely N-dealkylation sites (tertiary alicyclic amines) is 1. The number of amides is 1. The van der Waals surface area contributed by atoms with Gasteiger partial charge in [0.1, 0.15) is 5.71 Å². The van der Waals surface area contributed by atoms with Crippen LogP contribution in [0.15, 0.2) is 5.16 Å². The zero-order valence-electron chi connectivity index (χ0n) is 12.5. The smallest absolute Gasteiger partial charge is 0.269 e. The van der Waals surface area contributed by atoms with Crippen LogP contribution < -0.4 is 5.32 Å². The van der Waals surface area contributed by atoms with Crippen molar-refractivity contribution in [2.75, 3.05) is 32.8 Å². The molecule has 2 heterocycles. The van der Waals surface area contributed by atoms with E-state index in [1.807, 2.05) is 6.92 Å². The first-order valence-electron chi connectivity index (χ1n) is 7.63. The van der Waals surface area contributed by atoms with Crippen molar-refractivity contribution in [1.29, 1.82) is 0 Å². The van der Waals surface area contributed by atoms with Crippen LogP contribution in [0.25, 0.3) is 0 Å². The van der Waals surface area contributed by atoms with Gasteiger partial charge in [0.15, 0.2) is 5.60 Å². The van der Waals surface area contributed by atoms with E-state index in [1.54, 1.807) is 0 Å². The molecule has 1 fully saturated rings. The first kappa shape index (κ1) is 16.2. The Labute approximate surface area is 124 Å². The van der Waals surface area contributed by atoms with Gasteiger partial charge in [-0.25, -0.2) is 0 Å². The van der Waals surface area contributed by atoms with E-state index in [0.29, 0.717) is 31.8 Å². The SMILES string of the molecule is CCCNC(=O)C1=NO[C@@]2(CCCN(C[C@H](O)CO)C2)C1. The Balaban J connectivity index is 1.88. The van der Waals surface area contributed by atoms with Crippen LogP contribution >= 0.6 is 0 Å². The first-order chi connectivity index (χ1) is 10.1. The van der Waals surface area contributed by atoms with Crippen molar-refractivity contribution >= 4 is 11.6 Å². The lowest BCUT2D eigenvalue weighted by Crippen LogP contribution is -2.51. The highest BCUT2D eigenvalue weighted by atomic mass is 16.7. The number of piperidine rings is 1. The number of carbonyl (C=O) groups excluding carboxylic acids is 1. The van der Waals surface area contributed by atoms with Gasteiger partial charge in [-0.2, -0.15) is 0 Å². The van der Waals surface area contributed by atoms with Gasteiger partial charge in [0, 0.05) is 26.1 Å². The fourth-order valence-electron chi connectivity index (χ4n) is 2.90. The Kier molecular flexibility index (Phi) is 5.55. The Bertz CT molecular complexity index is 402. The second-order valence-corrected chi connectivity index (χ2v) is 5.92. The van der Waals surface area contributed by atoms with Crippen molar-refractivity contribution in [2.45, 2.75) is 44.3 Å². The standard InChI is InChI=1S/C14H25N3O4/c1-2-5-15-13(20)12-7-14(21-16-12)4-3-6-17(10-14)8-11(19)9-18/h11,18-19H,2-10H2,1H3,(H,15,20)/t11-,14-/m0/s1. The second-order valence-electron chi connectivity index (χ2n) is 5.92. The van der Waals surface area contributed by atoms with Crippen molar-refractivity contribution in [2.24, 2.45) is 5.16 Å². The summed E-state index contributed by atoms with van der Waals surface area (Å²) < 4.78 is 0. The average Bonchev–Trinajstić information content (AvgIpc) is 2.88. The Morgan fingerprint density at radius 1 is 1.62 bits per heavy atom. The Morgan fingerprint density at radius 2 is 2.43 bits per heavy atom. The Hall–Kier alpha value is -1.18. The number of nitrogens with zero attached hydrogens (tertiary/aromatic N) is 2. The van der Waals surface area contributed by atoms with Crippen molar-refractivity contribution in [3.8, 4) is 0 Å². The molecule has 120 valence electrons. The van der Waals surface area contributed by atoms with Crippen LogP contribution in [-0.4, -0.2) is 71.2 Å². The average molecular weight is 299 g/mol. The Morgan fingerprint density at radius 3 is 3.14 bits per heavy atom. The van der Waals surface area contributed by atoms with Crippen molar-refractivity contribution in [3.05, 3.63) is 0 Å². The molecule has 0 saturated carbocycles. The van der Waals surface area contributed by atoms with Crippen molar-refractivity contribution < 1.29 is 19.8 Å². The normalized spacial score (nSPS) is 27.3. The molecule has 2 aliphatic heterocycles. The zero-order chi connectivity index (χ0) is 15.3. The molecule has 2 atom stereocenters. The predicted octanol–water partition coefficient (Wildman–Crippen LogP) is -0.523. The lowest BCUT2D eigenvalue weighted by molar-refractivity contribution is -0.114. The second kappa shape index (κ2) is 7.20. The molecule has 0 unspecified atom stereocenters. The van der Waals surface area contributed by atoms with Crippen LogP contribution in [0.5, 0.6) is 0 Å². The van der Waals surface area contributed by atoms with Gasteiger partial charge in [-0.05, 0) is 25.8 Å². The number of nitrogens with one attached hydrogen (secondary N) is 1. The molecule has 0 bridgehead atoms. The number of hydrogen-bond donors (Lipinski definition) is 3. The van der Waals surface area contributed by atoms with Crippen LogP contribution in [0.2, 0.25) is 0 Å². The van der Waals surface area contributed by atoms with E-state index in [9.17, 15) is 9.90 Å². The minimum absolute atomic E-state index is 0.152. The van der Waals surface area contributed by atoms with Gasteiger partial charge in [0.25, 0.3) is 5.91 Å². The van der Waals surface area contributed by atoms with Gasteiger partial charge in [-0.1, -0.05) is 12.1 Å². The lowest BCUT2D eigenvalue weighted by atomic mass is 9.88. The molecule has 0 aromatic rings. The molecule has 21 heavy (non-hydrogen) atoms. The number of aliphatic hydroxyl groups is 2. The predicted molar refractivity (Wildman–Crippen MR) is 77.9 cm³/mol. The largest absolute Gasteiger partial charge is 0.394 e. The minimum atomic E-state index is -0.741. The van der Waals surface area contributed by atoms with E-state index in [-0.39, 0.29) is 12.5 Å². The summed E-state index contributed by atoms with van der Waals surface area (Å²) in [4.78, 5) is 19.6. The summed E-state index contributed by atoms with van der Waals surface area (Å²) in [7, 11) is 0. The molecular formula is C14H25N3O4. The van der Waals surface area contributed by atoms with E-state index >= 15 is 0 Å². The van der Waals surface area contributed by atoms with Gasteiger partial charge in [0.2, 0.25) is 0 Å². The summed E-state index contributed by atoms with van der Waals surface area (Å²) in [6.45, 7) is 4.29. The van der Waals surface area contributed by atoms with E-state index in [1.165, 1.54) is 0 Å². The maximum Gasteiger partial charge on any atom is 0.269 e. The van der Waals surface area contributed by atoms with Gasteiger partial charge in [0.05, 0.1) is 12.7 Å². The minimum Gasteiger partial charge on any atom is -0.394 e. The third-order valence-corrected chi connectivity index (χ3v) is 3.93. The molecule has 1 spiro atoms. The molecular weight excluding hydrogens is 274 g/mol. The van der Waals surface area contributed by atoms with Crippen LogP contribution in [0.3, 0.4) is 0 Å². The van der Waals surface area contributed by atoms with E-state index in [2.05, 4.69) is 15.4 Å². The van der Waals surface area contributed by atoms with Gasteiger partial charge < -0.3 is 20.4 Å². The summed E-state index contributed by atoms with van der Waals surface area (Å²) in [5.41, 5.74) is -0.000212. The number of hydrogen-bond acceptors (Lipinski definition) is 6. The molecule has 0 radical (unpaired) electrons. The first-order valence-corrected chi connectivity index (χ1v) is 7.63. The topological polar surface area (TPSA) is 94.4 Å². The highest BCUT2D eigenvalue weighted by Gasteiger charge is 2.44. The van der Waals surface area contributed by atoms with Crippen LogP contribution in [0.4, 0.5) is 0 Å². The summed E-state index contributed by atoms with van der Waals surface area (Å²) in [5, 5.41) is 25.3. The van der Waals surface area contributed by atoms with Gasteiger partial charge in [-0.3, -0.25) is 9.69 Å². The van der Waals surface area contributed by atoms with E-state index < -0.39 is 11.7 Å². The fourth-order valence-corrected chi connectivity index (χ4v) is 2.90. The van der Waals surface area contributed by atoms with E-state index in [0.717, 1.165) is 25.8 Å². The zero-order valence-corrected chi connectivity index (χ0v) is 12.5. The molecule has 1 saturated heterocycles. The van der Waals surface area contributed by atoms with Gasteiger partial charge in [-0.15, -0.1) is 0 Å². The maximum absolute atomic E-state index is 11.9. The molecule has 2 aliphatic rings. The molecule has 3 N–H and O–H groups in total. The number of oxime groups is 1. The van der Waals surface area contributed by atoms with Gasteiger partial charge >= 0.3 is 0 Å². The highest BCUT2D eigenvalue weighted by Crippen LogP contribution is 2.33.